The van der Waals surface area contributed by atoms with Gasteiger partial charge in [-0.25, -0.2) is 4.98 Å². The number of nitrogens with zero attached hydrogens (tertiary/aromatic N) is 3. The van der Waals surface area contributed by atoms with Gasteiger partial charge >= 0.3 is 0 Å². The number of anilines is 1. The van der Waals surface area contributed by atoms with Gasteiger partial charge in [-0.15, -0.1) is 0 Å². The van der Waals surface area contributed by atoms with Gasteiger partial charge in [-0.3, -0.25) is 9.79 Å². The van der Waals surface area contributed by atoms with Crippen LogP contribution in [-0.4, -0.2) is 41.0 Å². The number of rotatable bonds is 46. The summed E-state index contributed by atoms with van der Waals surface area (Å²) >= 11 is 0. The van der Waals surface area contributed by atoms with Crippen LogP contribution < -0.4 is 5.73 Å². The Labute approximate surface area is 483 Å². The fourth-order valence-electron chi connectivity index (χ4n) is 9.73. The van der Waals surface area contributed by atoms with Crippen LogP contribution in [0, 0.1) is 18.3 Å². The Morgan fingerprint density at radius 2 is 1.09 bits per heavy atom. The first-order chi connectivity index (χ1) is 37.3. The van der Waals surface area contributed by atoms with Crippen LogP contribution in [0.3, 0.4) is 0 Å². The average molecular weight is 1070 g/mol. The molecule has 2 N–H and O–H groups in total. The number of Topliss-reactive ketones (excluding diaryl/α,β-unsaturated/α-hetero) is 1. The number of unbranched alkanes of at least 4 members (excludes halogenated alkanes) is 27. The van der Waals surface area contributed by atoms with Gasteiger partial charge < -0.3 is 10.6 Å². The van der Waals surface area contributed by atoms with E-state index < -0.39 is 0 Å². The molecule has 0 fully saturated rings. The lowest BCUT2D eigenvalue weighted by atomic mass is 9.84. The molecule has 1 aromatic rings. The van der Waals surface area contributed by atoms with Gasteiger partial charge in [-0.2, -0.15) is 0 Å². The van der Waals surface area contributed by atoms with E-state index in [1.165, 1.54) is 237 Å². The summed E-state index contributed by atoms with van der Waals surface area (Å²) in [5.74, 6) is 1.98. The quantitative estimate of drug-likeness (QED) is 0.0401. The first kappa shape index (κ1) is 76.5. The smallest absolute Gasteiger partial charge is 0.149 e. The van der Waals surface area contributed by atoms with Gasteiger partial charge in [0.1, 0.15) is 17.3 Å². The Bertz CT molecular complexity index is 1570. The number of carbonyl (C=O) groups is 1. The molecule has 1 aliphatic rings. The van der Waals surface area contributed by atoms with Gasteiger partial charge in [-0.05, 0) is 134 Å². The lowest BCUT2D eigenvalue weighted by Crippen LogP contribution is -2.25. The van der Waals surface area contributed by atoms with Crippen LogP contribution in [0.4, 0.5) is 11.5 Å². The van der Waals surface area contributed by atoms with Crippen molar-refractivity contribution in [2.45, 2.75) is 353 Å². The van der Waals surface area contributed by atoms with Gasteiger partial charge in [0.2, 0.25) is 0 Å². The minimum atomic E-state index is 0.181. The van der Waals surface area contributed by atoms with Crippen molar-refractivity contribution in [2.24, 2.45) is 16.3 Å². The summed E-state index contributed by atoms with van der Waals surface area (Å²) in [5, 5.41) is 0. The molecule has 77 heavy (non-hydrogen) atoms. The number of nitrogens with two attached hydrogens (primary N) is 1. The zero-order valence-electron chi connectivity index (χ0n) is 54.5. The third-order valence-electron chi connectivity index (χ3n) is 16.1. The van der Waals surface area contributed by atoms with Crippen LogP contribution in [0.25, 0.3) is 6.08 Å². The van der Waals surface area contributed by atoms with Crippen LogP contribution >= 0.6 is 0 Å². The van der Waals surface area contributed by atoms with Crippen molar-refractivity contribution in [2.75, 3.05) is 25.4 Å². The number of aromatic nitrogens is 1. The van der Waals surface area contributed by atoms with Crippen molar-refractivity contribution in [1.82, 2.24) is 9.88 Å². The fourth-order valence-corrected chi connectivity index (χ4v) is 9.73. The van der Waals surface area contributed by atoms with Crippen molar-refractivity contribution < 1.29 is 4.79 Å². The molecule has 450 valence electrons. The number of aryl methyl sites for hydroxylation is 1. The minimum absolute atomic E-state index is 0.181. The van der Waals surface area contributed by atoms with Gasteiger partial charge in [0, 0.05) is 24.1 Å². The number of aliphatic imine (C=N–C) groups is 1. The van der Waals surface area contributed by atoms with Gasteiger partial charge in [-0.1, -0.05) is 280 Å². The van der Waals surface area contributed by atoms with Gasteiger partial charge in [0.15, 0.2) is 0 Å². The number of carbonyl (C=O) groups excluding carboxylic acids is 1. The molecule has 1 heterocycles. The first-order valence-electron chi connectivity index (χ1n) is 33.8. The predicted octanol–water partition coefficient (Wildman–Crippen LogP) is 24.0. The molecular formula is C72H136N4O. The van der Waals surface area contributed by atoms with Crippen LogP contribution in [0.1, 0.15) is 357 Å². The third kappa shape index (κ3) is 49.1. The van der Waals surface area contributed by atoms with E-state index in [-0.39, 0.29) is 5.41 Å². The summed E-state index contributed by atoms with van der Waals surface area (Å²) in [7, 11) is 0. The molecule has 0 saturated heterocycles. The predicted molar refractivity (Wildman–Crippen MR) is 352 cm³/mol. The molecular weight excluding hydrogens is 937 g/mol. The molecule has 0 aliphatic heterocycles. The molecule has 5 heteroatoms. The Balaban J connectivity index is 0. The van der Waals surface area contributed by atoms with E-state index in [4.69, 9.17) is 5.73 Å². The Kier molecular flexibility index (Phi) is 56.4. The summed E-state index contributed by atoms with van der Waals surface area (Å²) in [5.41, 5.74) is 11.6. The van der Waals surface area contributed by atoms with Crippen molar-refractivity contribution >= 4 is 29.1 Å². The highest BCUT2D eigenvalue weighted by Gasteiger charge is 2.19. The molecule has 5 nitrogen and oxygen atoms in total. The summed E-state index contributed by atoms with van der Waals surface area (Å²) in [6.07, 6.45) is 67.5. The van der Waals surface area contributed by atoms with E-state index >= 15 is 0 Å². The van der Waals surface area contributed by atoms with Crippen molar-refractivity contribution in [3.8, 4) is 0 Å². The van der Waals surface area contributed by atoms with Crippen molar-refractivity contribution in [3.63, 3.8) is 0 Å². The van der Waals surface area contributed by atoms with Gasteiger partial charge in [0.25, 0.3) is 0 Å². The van der Waals surface area contributed by atoms with Crippen LogP contribution in [0.2, 0.25) is 0 Å². The van der Waals surface area contributed by atoms with E-state index in [0.717, 1.165) is 80.1 Å². The summed E-state index contributed by atoms with van der Waals surface area (Å²) in [6, 6.07) is 0. The topological polar surface area (TPSA) is 71.6 Å². The molecule has 0 radical (unpaired) electrons. The molecule has 1 aromatic heterocycles. The monoisotopic (exact) mass is 1070 g/mol. The minimum Gasteiger partial charge on any atom is -0.382 e. The molecule has 0 amide bonds. The van der Waals surface area contributed by atoms with Gasteiger partial charge in [0.05, 0.1) is 5.69 Å². The standard InChI is InChI=1S/C31H61NO.C14H19N3.C14H28.C13H28/c1-6-9-10-11-12-13-14-15-16-17-18-19-20-21-24-27-32(8-3)28-25-22-23-26-30(33)29-31(4,5)7-2;1-4-9(2)16-13-10(3)11-7-5-6-8-12(11)17-14(13)15;1-3-5-7-9-11-13-14-12-10-8-6-4-2;1-4-6-7-8-9-10-11-12-13(3)5-2/h14-15H,6-13,16-29H2,1-5H3;5,7H,4,6,8H2,1-3H3,(H2,15,17);7,9H,3-6,8,10-14H2,1-2H3;13H,4-12H2,1-3H3/b15-14+;;;. The first-order valence-corrected chi connectivity index (χ1v) is 33.8. The SMILES string of the molecule is CCC(C)=Nc1c(N)nc2c(c1C)C=CCC2.CCCC=CCCCCCCCCC.CCCCCCC/C=C/CCCCCCCCN(CC)CCCCCC(=O)CC(C)(C)CC.CCCCCCCCCC(C)CC. The second kappa shape index (κ2) is 56.7. The maximum absolute atomic E-state index is 12.1. The van der Waals surface area contributed by atoms with E-state index in [9.17, 15) is 4.79 Å². The second-order valence-corrected chi connectivity index (χ2v) is 24.1. The molecule has 1 unspecified atom stereocenters. The molecule has 0 aromatic carbocycles. The molecule has 0 spiro atoms. The number of ketones is 1. The van der Waals surface area contributed by atoms with E-state index in [1.807, 2.05) is 6.92 Å². The van der Waals surface area contributed by atoms with Crippen LogP contribution in [-0.2, 0) is 11.2 Å². The number of allylic oxidation sites excluding steroid dienone is 5. The van der Waals surface area contributed by atoms with Crippen molar-refractivity contribution in [3.05, 3.63) is 47.2 Å². The largest absolute Gasteiger partial charge is 0.382 e. The zero-order valence-corrected chi connectivity index (χ0v) is 54.5. The normalized spacial score (nSPS) is 12.8. The number of hydrogen-bond acceptors (Lipinski definition) is 5. The highest BCUT2D eigenvalue weighted by atomic mass is 16.1. The van der Waals surface area contributed by atoms with E-state index in [0.29, 0.717) is 11.6 Å². The van der Waals surface area contributed by atoms with E-state index in [2.05, 4.69) is 134 Å². The summed E-state index contributed by atoms with van der Waals surface area (Å²) < 4.78 is 0. The average Bonchev–Trinajstić information content (AvgIpc) is 3.43. The third-order valence-corrected chi connectivity index (χ3v) is 16.1. The lowest BCUT2D eigenvalue weighted by molar-refractivity contribution is -0.121. The maximum atomic E-state index is 12.1. The van der Waals surface area contributed by atoms with E-state index in [1.54, 1.807) is 0 Å². The molecule has 2 rings (SSSR count). The Morgan fingerprint density at radius 1 is 0.636 bits per heavy atom. The highest BCUT2D eigenvalue weighted by molar-refractivity contribution is 5.87. The fraction of sp³-hybridized carbons (Fsp3) is 0.819. The maximum Gasteiger partial charge on any atom is 0.149 e. The molecule has 1 atom stereocenters. The molecule has 0 saturated carbocycles. The summed E-state index contributed by atoms with van der Waals surface area (Å²) in [4.78, 5) is 23.8. The molecule has 1 aliphatic carbocycles. The zero-order chi connectivity index (χ0) is 57.5. The van der Waals surface area contributed by atoms with Crippen LogP contribution in [0.5, 0.6) is 0 Å². The second-order valence-electron chi connectivity index (χ2n) is 24.1. The summed E-state index contributed by atoms with van der Waals surface area (Å²) in [6.45, 7) is 32.4. The molecule has 0 bridgehead atoms. The lowest BCUT2D eigenvalue weighted by Gasteiger charge is -2.21. The van der Waals surface area contributed by atoms with Crippen molar-refractivity contribution in [1.29, 1.82) is 0 Å². The number of hydrogen-bond donors (Lipinski definition) is 1. The number of nitrogen functional groups attached to an aromatic ring is 1. The van der Waals surface area contributed by atoms with Crippen LogP contribution in [0.15, 0.2) is 35.4 Å². The number of pyridine rings is 1. The Morgan fingerprint density at radius 3 is 1.55 bits per heavy atom. The number of fused-ring (bicyclic) bond motifs is 1. The Hall–Kier alpha value is -2.53. The highest BCUT2D eigenvalue weighted by Crippen LogP contribution is 2.33.